The second kappa shape index (κ2) is 7.08. The monoisotopic (exact) mass is 383 g/mol. The highest BCUT2D eigenvalue weighted by Crippen LogP contribution is 2.33. The summed E-state index contributed by atoms with van der Waals surface area (Å²) in [5, 5.41) is 3.98. The summed E-state index contributed by atoms with van der Waals surface area (Å²) in [4.78, 5) is 18.0. The van der Waals surface area contributed by atoms with Crippen LogP contribution in [0.4, 0.5) is 0 Å². The summed E-state index contributed by atoms with van der Waals surface area (Å²) in [5.41, 5.74) is 3.50. The largest absolute Gasteiger partial charge is 0.486 e. The van der Waals surface area contributed by atoms with E-state index in [1.165, 1.54) is 0 Å². The van der Waals surface area contributed by atoms with Crippen LogP contribution >= 0.6 is 11.3 Å². The minimum atomic E-state index is -0.0852. The Morgan fingerprint density at radius 3 is 2.70 bits per heavy atom. The zero-order valence-electron chi connectivity index (χ0n) is 15.5. The van der Waals surface area contributed by atoms with Crippen molar-refractivity contribution in [1.29, 1.82) is 0 Å². The molecule has 6 nitrogen and oxygen atoms in total. The zero-order valence-corrected chi connectivity index (χ0v) is 16.4. The normalized spacial score (nSPS) is 12.9. The first kappa shape index (κ1) is 17.6. The molecule has 0 bridgehead atoms. The van der Waals surface area contributed by atoms with E-state index < -0.39 is 0 Å². The summed E-state index contributed by atoms with van der Waals surface area (Å²) < 4.78 is 13.3. The summed E-state index contributed by atoms with van der Waals surface area (Å²) in [6, 6.07) is 7.76. The fraction of sp³-hybridized carbons (Fsp3) is 0.300. The summed E-state index contributed by atoms with van der Waals surface area (Å²) in [7, 11) is 0. The van der Waals surface area contributed by atoms with E-state index in [0.29, 0.717) is 25.3 Å². The molecule has 1 aliphatic rings. The Kier molecular flexibility index (Phi) is 4.61. The van der Waals surface area contributed by atoms with Gasteiger partial charge in [0.2, 0.25) is 0 Å². The minimum Gasteiger partial charge on any atom is -0.486 e. The second-order valence-electron chi connectivity index (χ2n) is 6.48. The lowest BCUT2D eigenvalue weighted by molar-refractivity contribution is 0.0950. The number of thiazole rings is 1. The molecule has 0 fully saturated rings. The molecule has 1 amide bonds. The molecule has 0 saturated heterocycles. The van der Waals surface area contributed by atoms with Crippen LogP contribution in [-0.2, 0) is 6.54 Å². The number of ether oxygens (including phenoxy) is 2. The van der Waals surface area contributed by atoms with Crippen LogP contribution in [0.2, 0.25) is 0 Å². The Balaban J connectivity index is 1.59. The predicted molar refractivity (Wildman–Crippen MR) is 104 cm³/mol. The van der Waals surface area contributed by atoms with Crippen molar-refractivity contribution in [1.82, 2.24) is 14.9 Å². The molecule has 0 spiro atoms. The summed E-state index contributed by atoms with van der Waals surface area (Å²) >= 11 is 1.59. The molecule has 0 unspecified atom stereocenters. The second-order valence-corrected chi connectivity index (χ2v) is 7.80. The van der Waals surface area contributed by atoms with Crippen LogP contribution in [0, 0.1) is 20.8 Å². The lowest BCUT2D eigenvalue weighted by Crippen LogP contribution is -2.22. The molecule has 3 aromatic rings. The van der Waals surface area contributed by atoms with Crippen LogP contribution in [0.5, 0.6) is 11.5 Å². The Labute approximate surface area is 161 Å². The smallest absolute Gasteiger partial charge is 0.253 e. The van der Waals surface area contributed by atoms with Gasteiger partial charge in [-0.3, -0.25) is 4.79 Å². The zero-order chi connectivity index (χ0) is 19.0. The molecule has 27 heavy (non-hydrogen) atoms. The molecule has 1 N–H and O–H groups in total. The number of fused-ring (bicyclic) bond motifs is 1. The van der Waals surface area contributed by atoms with Gasteiger partial charge < -0.3 is 19.4 Å². The van der Waals surface area contributed by atoms with Crippen molar-refractivity contribution in [2.75, 3.05) is 13.2 Å². The van der Waals surface area contributed by atoms with Gasteiger partial charge in [0.15, 0.2) is 11.5 Å². The fourth-order valence-corrected chi connectivity index (χ4v) is 4.05. The maximum absolute atomic E-state index is 12.7. The molecule has 2 aromatic heterocycles. The van der Waals surface area contributed by atoms with Crippen molar-refractivity contribution >= 4 is 17.2 Å². The number of nitrogens with zero attached hydrogens (tertiary/aromatic N) is 2. The average Bonchev–Trinajstić information content (AvgIpc) is 3.22. The number of nitrogens with one attached hydrogen (secondary N) is 1. The van der Waals surface area contributed by atoms with Crippen molar-refractivity contribution in [3.63, 3.8) is 0 Å². The highest BCUT2D eigenvalue weighted by Gasteiger charge is 2.19. The molecule has 0 saturated carbocycles. The van der Waals surface area contributed by atoms with Crippen molar-refractivity contribution in [3.05, 3.63) is 57.3 Å². The van der Waals surface area contributed by atoms with E-state index in [0.717, 1.165) is 38.5 Å². The van der Waals surface area contributed by atoms with Gasteiger partial charge in [-0.05, 0) is 39.0 Å². The number of hydrogen-bond acceptors (Lipinski definition) is 5. The minimum absolute atomic E-state index is 0.0852. The van der Waals surface area contributed by atoms with Gasteiger partial charge in [0, 0.05) is 34.2 Å². The molecule has 1 aliphatic heterocycles. The molecule has 0 radical (unpaired) electrons. The van der Waals surface area contributed by atoms with Crippen molar-refractivity contribution in [2.24, 2.45) is 0 Å². The topological polar surface area (TPSA) is 65.4 Å². The van der Waals surface area contributed by atoms with E-state index in [9.17, 15) is 4.79 Å². The molecular formula is C20H21N3O3S. The molecule has 4 rings (SSSR count). The van der Waals surface area contributed by atoms with Crippen LogP contribution in [0.1, 0.15) is 31.6 Å². The highest BCUT2D eigenvalue weighted by atomic mass is 32.1. The van der Waals surface area contributed by atoms with Gasteiger partial charge in [-0.15, -0.1) is 11.3 Å². The van der Waals surface area contributed by atoms with Crippen LogP contribution in [0.3, 0.4) is 0 Å². The average molecular weight is 383 g/mol. The summed E-state index contributed by atoms with van der Waals surface area (Å²) in [6.45, 7) is 7.50. The van der Waals surface area contributed by atoms with Crippen molar-refractivity contribution in [3.8, 4) is 17.2 Å². The maximum Gasteiger partial charge on any atom is 0.253 e. The molecule has 7 heteroatoms. The number of aromatic nitrogens is 2. The summed E-state index contributed by atoms with van der Waals surface area (Å²) in [6.07, 6.45) is 1.80. The Hall–Kier alpha value is -2.80. The number of benzene rings is 1. The molecule has 3 heterocycles. The maximum atomic E-state index is 12.7. The van der Waals surface area contributed by atoms with E-state index in [-0.39, 0.29) is 5.91 Å². The van der Waals surface area contributed by atoms with Crippen molar-refractivity contribution in [2.45, 2.75) is 27.3 Å². The first-order valence-electron chi connectivity index (χ1n) is 8.81. The highest BCUT2D eigenvalue weighted by molar-refractivity contribution is 7.11. The van der Waals surface area contributed by atoms with Gasteiger partial charge in [0.05, 0.1) is 17.1 Å². The van der Waals surface area contributed by atoms with Gasteiger partial charge in [0.1, 0.15) is 13.2 Å². The van der Waals surface area contributed by atoms with Crippen LogP contribution < -0.4 is 14.8 Å². The Morgan fingerprint density at radius 2 is 1.96 bits per heavy atom. The van der Waals surface area contributed by atoms with E-state index in [4.69, 9.17) is 9.47 Å². The van der Waals surface area contributed by atoms with E-state index >= 15 is 0 Å². The Morgan fingerprint density at radius 1 is 1.19 bits per heavy atom. The quantitative estimate of drug-likeness (QED) is 0.748. The molecule has 0 aliphatic carbocycles. The lowest BCUT2D eigenvalue weighted by atomic mass is 10.2. The molecule has 140 valence electrons. The number of carbonyl (C=O) groups is 1. The predicted octanol–water partition coefficient (Wildman–Crippen LogP) is 3.56. The number of hydrogen-bond donors (Lipinski definition) is 1. The number of carbonyl (C=O) groups excluding carboxylic acids is 1. The first-order chi connectivity index (χ1) is 13.0. The SMILES string of the molecule is Cc1ncc(CNC(=O)c2cc(C)n(-c3ccc4c(c3)OCCO4)c2C)s1. The summed E-state index contributed by atoms with van der Waals surface area (Å²) in [5.74, 6) is 1.40. The number of amides is 1. The van der Waals surface area contributed by atoms with Gasteiger partial charge >= 0.3 is 0 Å². The third-order valence-corrected chi connectivity index (χ3v) is 5.46. The first-order valence-corrected chi connectivity index (χ1v) is 9.63. The fourth-order valence-electron chi connectivity index (χ4n) is 3.31. The standard InChI is InChI=1S/C20H21N3O3S/c1-12-8-17(20(24)22-11-16-10-21-14(3)27-16)13(2)23(12)15-4-5-18-19(9-15)26-7-6-25-18/h4-5,8-10H,6-7,11H2,1-3H3,(H,22,24). The molecule has 1 aromatic carbocycles. The van der Waals surface area contributed by atoms with Gasteiger partial charge in [0.25, 0.3) is 5.91 Å². The van der Waals surface area contributed by atoms with Crippen LogP contribution in [0.15, 0.2) is 30.5 Å². The van der Waals surface area contributed by atoms with Crippen molar-refractivity contribution < 1.29 is 14.3 Å². The van der Waals surface area contributed by atoms with Gasteiger partial charge in [-0.1, -0.05) is 0 Å². The van der Waals surface area contributed by atoms with E-state index in [1.54, 1.807) is 17.5 Å². The third kappa shape index (κ3) is 3.42. The number of rotatable bonds is 4. The van der Waals surface area contributed by atoms with E-state index in [2.05, 4.69) is 14.9 Å². The van der Waals surface area contributed by atoms with Gasteiger partial charge in [-0.2, -0.15) is 0 Å². The third-order valence-electron chi connectivity index (χ3n) is 4.55. The Bertz CT molecular complexity index is 1010. The molecule has 0 atom stereocenters. The van der Waals surface area contributed by atoms with Gasteiger partial charge in [-0.25, -0.2) is 4.98 Å². The molecular weight excluding hydrogens is 362 g/mol. The van der Waals surface area contributed by atoms with Crippen LogP contribution in [0.25, 0.3) is 5.69 Å². The number of aryl methyl sites for hydroxylation is 2. The lowest BCUT2D eigenvalue weighted by Gasteiger charge is -2.20. The van der Waals surface area contributed by atoms with E-state index in [1.807, 2.05) is 45.0 Å². The van der Waals surface area contributed by atoms with Crippen LogP contribution in [-0.4, -0.2) is 28.7 Å².